The van der Waals surface area contributed by atoms with E-state index in [0.29, 0.717) is 23.6 Å². The SMILES string of the molecule is CCNCc1ccc(-c2c(F)cc(F)cc2F)s1. The van der Waals surface area contributed by atoms with Crippen LogP contribution in [0.2, 0.25) is 0 Å². The number of thiophene rings is 1. The molecule has 0 spiro atoms. The normalized spacial score (nSPS) is 10.9. The molecule has 96 valence electrons. The Morgan fingerprint density at radius 2 is 1.78 bits per heavy atom. The molecule has 0 saturated heterocycles. The minimum absolute atomic E-state index is 0.163. The minimum atomic E-state index is -0.904. The molecule has 0 atom stereocenters. The van der Waals surface area contributed by atoms with E-state index in [1.807, 2.05) is 13.0 Å². The Morgan fingerprint density at radius 3 is 2.39 bits per heavy atom. The van der Waals surface area contributed by atoms with Gasteiger partial charge in [-0.2, -0.15) is 0 Å². The third kappa shape index (κ3) is 2.73. The lowest BCUT2D eigenvalue weighted by Crippen LogP contribution is -2.10. The van der Waals surface area contributed by atoms with Crippen LogP contribution >= 0.6 is 11.3 Å². The first kappa shape index (κ1) is 13.1. The molecule has 18 heavy (non-hydrogen) atoms. The van der Waals surface area contributed by atoms with Crippen molar-refractivity contribution in [2.45, 2.75) is 13.5 Å². The number of rotatable bonds is 4. The molecule has 2 rings (SSSR count). The highest BCUT2D eigenvalue weighted by atomic mass is 32.1. The Bertz CT molecular complexity index is 528. The topological polar surface area (TPSA) is 12.0 Å². The number of hydrogen-bond donors (Lipinski definition) is 1. The molecule has 0 amide bonds. The first-order chi connectivity index (χ1) is 8.61. The second kappa shape index (κ2) is 5.54. The molecule has 1 heterocycles. The van der Waals surface area contributed by atoms with Crippen LogP contribution in [0.4, 0.5) is 13.2 Å². The van der Waals surface area contributed by atoms with Crippen molar-refractivity contribution in [1.29, 1.82) is 0 Å². The Kier molecular flexibility index (Phi) is 4.04. The maximum Gasteiger partial charge on any atom is 0.137 e. The first-order valence-electron chi connectivity index (χ1n) is 5.56. The molecular weight excluding hydrogens is 259 g/mol. The standard InChI is InChI=1S/C13H12F3NS/c1-2-17-7-9-3-4-12(18-9)13-10(15)5-8(14)6-11(13)16/h3-6,17H,2,7H2,1H3. The van der Waals surface area contributed by atoms with Gasteiger partial charge in [0.2, 0.25) is 0 Å². The average molecular weight is 271 g/mol. The van der Waals surface area contributed by atoms with Crippen molar-refractivity contribution in [1.82, 2.24) is 5.32 Å². The van der Waals surface area contributed by atoms with E-state index >= 15 is 0 Å². The second-order valence-electron chi connectivity index (χ2n) is 3.79. The quantitative estimate of drug-likeness (QED) is 0.888. The van der Waals surface area contributed by atoms with Crippen LogP contribution in [-0.4, -0.2) is 6.54 Å². The molecule has 0 fully saturated rings. The molecule has 1 nitrogen and oxygen atoms in total. The van der Waals surface area contributed by atoms with E-state index in [2.05, 4.69) is 5.32 Å². The lowest BCUT2D eigenvalue weighted by atomic mass is 10.1. The van der Waals surface area contributed by atoms with Gasteiger partial charge in [0.05, 0.1) is 5.56 Å². The van der Waals surface area contributed by atoms with Crippen molar-refractivity contribution in [2.24, 2.45) is 0 Å². The van der Waals surface area contributed by atoms with Gasteiger partial charge in [-0.25, -0.2) is 13.2 Å². The lowest BCUT2D eigenvalue weighted by molar-refractivity contribution is 0.548. The van der Waals surface area contributed by atoms with E-state index in [4.69, 9.17) is 0 Å². The Balaban J connectivity index is 2.34. The highest BCUT2D eigenvalue weighted by Gasteiger charge is 2.15. The molecule has 1 aromatic carbocycles. The van der Waals surface area contributed by atoms with Crippen LogP contribution < -0.4 is 5.32 Å². The molecule has 0 radical (unpaired) electrons. The predicted octanol–water partition coefficient (Wildman–Crippen LogP) is 3.94. The van der Waals surface area contributed by atoms with Crippen molar-refractivity contribution in [3.05, 3.63) is 46.6 Å². The van der Waals surface area contributed by atoms with Crippen molar-refractivity contribution in [3.63, 3.8) is 0 Å². The summed E-state index contributed by atoms with van der Waals surface area (Å²) >= 11 is 1.30. The molecule has 0 saturated carbocycles. The monoisotopic (exact) mass is 271 g/mol. The number of halogens is 3. The Labute approximate surface area is 107 Å². The van der Waals surface area contributed by atoms with Gasteiger partial charge in [0.15, 0.2) is 0 Å². The van der Waals surface area contributed by atoms with Crippen LogP contribution in [0.15, 0.2) is 24.3 Å². The van der Waals surface area contributed by atoms with Gasteiger partial charge in [-0.15, -0.1) is 11.3 Å². The summed E-state index contributed by atoms with van der Waals surface area (Å²) in [7, 11) is 0. The van der Waals surface area contributed by atoms with E-state index in [-0.39, 0.29) is 5.56 Å². The summed E-state index contributed by atoms with van der Waals surface area (Å²) in [6.07, 6.45) is 0. The summed E-state index contributed by atoms with van der Waals surface area (Å²) < 4.78 is 39.9. The van der Waals surface area contributed by atoms with Crippen LogP contribution in [0, 0.1) is 17.5 Å². The summed E-state index contributed by atoms with van der Waals surface area (Å²) in [5.41, 5.74) is -0.163. The summed E-state index contributed by atoms with van der Waals surface area (Å²) in [4.78, 5) is 1.45. The van der Waals surface area contributed by atoms with Crippen molar-refractivity contribution >= 4 is 11.3 Å². The maximum absolute atomic E-state index is 13.6. The van der Waals surface area contributed by atoms with Crippen LogP contribution in [-0.2, 0) is 6.54 Å². The lowest BCUT2D eigenvalue weighted by Gasteiger charge is -2.02. The highest BCUT2D eigenvalue weighted by molar-refractivity contribution is 7.15. The second-order valence-corrected chi connectivity index (χ2v) is 4.96. The van der Waals surface area contributed by atoms with Crippen LogP contribution in [0.3, 0.4) is 0 Å². The highest BCUT2D eigenvalue weighted by Crippen LogP contribution is 2.32. The molecule has 0 bridgehead atoms. The Hall–Kier alpha value is -1.33. The molecule has 1 N–H and O–H groups in total. The smallest absolute Gasteiger partial charge is 0.137 e. The van der Waals surface area contributed by atoms with Crippen molar-refractivity contribution in [2.75, 3.05) is 6.54 Å². The predicted molar refractivity (Wildman–Crippen MR) is 67.0 cm³/mol. The fraction of sp³-hybridized carbons (Fsp3) is 0.231. The summed E-state index contributed by atoms with van der Waals surface area (Å²) in [6, 6.07) is 4.85. The zero-order valence-corrected chi connectivity index (χ0v) is 10.6. The van der Waals surface area contributed by atoms with Gasteiger partial charge >= 0.3 is 0 Å². The fourth-order valence-corrected chi connectivity index (χ4v) is 2.66. The van der Waals surface area contributed by atoms with Gasteiger partial charge in [0, 0.05) is 28.4 Å². The van der Waals surface area contributed by atoms with Gasteiger partial charge in [-0.05, 0) is 18.7 Å². The van der Waals surface area contributed by atoms with Crippen LogP contribution in [0.5, 0.6) is 0 Å². The van der Waals surface area contributed by atoms with Gasteiger partial charge in [-0.1, -0.05) is 6.92 Å². The maximum atomic E-state index is 13.6. The molecule has 0 aliphatic carbocycles. The molecule has 2 aromatic rings. The van der Waals surface area contributed by atoms with E-state index in [1.165, 1.54) is 11.3 Å². The molecule has 5 heteroatoms. The van der Waals surface area contributed by atoms with E-state index in [9.17, 15) is 13.2 Å². The molecular formula is C13H12F3NS. The zero-order chi connectivity index (χ0) is 13.1. The zero-order valence-electron chi connectivity index (χ0n) is 9.77. The van der Waals surface area contributed by atoms with Crippen LogP contribution in [0.1, 0.15) is 11.8 Å². The summed E-state index contributed by atoms with van der Waals surface area (Å²) in [6.45, 7) is 3.46. The fourth-order valence-electron chi connectivity index (χ4n) is 1.63. The third-order valence-electron chi connectivity index (χ3n) is 2.46. The van der Waals surface area contributed by atoms with Crippen molar-refractivity contribution in [3.8, 4) is 10.4 Å². The third-order valence-corrected chi connectivity index (χ3v) is 3.57. The van der Waals surface area contributed by atoms with Gasteiger partial charge in [-0.3, -0.25) is 0 Å². The number of benzene rings is 1. The van der Waals surface area contributed by atoms with E-state index < -0.39 is 17.5 Å². The Morgan fingerprint density at radius 1 is 1.11 bits per heavy atom. The number of hydrogen-bond acceptors (Lipinski definition) is 2. The summed E-state index contributed by atoms with van der Waals surface area (Å²) in [5.74, 6) is -2.65. The van der Waals surface area contributed by atoms with E-state index in [1.54, 1.807) is 6.07 Å². The molecule has 0 unspecified atom stereocenters. The first-order valence-corrected chi connectivity index (χ1v) is 6.37. The minimum Gasteiger partial charge on any atom is -0.312 e. The van der Waals surface area contributed by atoms with E-state index in [0.717, 1.165) is 11.4 Å². The van der Waals surface area contributed by atoms with Crippen molar-refractivity contribution < 1.29 is 13.2 Å². The molecule has 1 aromatic heterocycles. The van der Waals surface area contributed by atoms with Gasteiger partial charge in [0.25, 0.3) is 0 Å². The number of nitrogens with one attached hydrogen (secondary N) is 1. The largest absolute Gasteiger partial charge is 0.312 e. The summed E-state index contributed by atoms with van der Waals surface area (Å²) in [5, 5.41) is 3.13. The van der Waals surface area contributed by atoms with Crippen LogP contribution in [0.25, 0.3) is 10.4 Å². The molecule has 0 aliphatic rings. The average Bonchev–Trinajstić information content (AvgIpc) is 2.73. The molecule has 0 aliphatic heterocycles. The van der Waals surface area contributed by atoms with Gasteiger partial charge in [0.1, 0.15) is 17.5 Å². The van der Waals surface area contributed by atoms with Gasteiger partial charge < -0.3 is 5.32 Å².